The van der Waals surface area contributed by atoms with Gasteiger partial charge in [0.05, 0.1) is 0 Å². The Labute approximate surface area is 128 Å². The number of fused-ring (bicyclic) bond motifs is 1. The van der Waals surface area contributed by atoms with Crippen molar-refractivity contribution in [3.8, 4) is 0 Å². The minimum Gasteiger partial charge on any atom is -0.444 e. The molecule has 5 heteroatoms. The third kappa shape index (κ3) is 3.69. The van der Waals surface area contributed by atoms with Gasteiger partial charge in [-0.1, -0.05) is 0 Å². The number of ether oxygens (including phenoxy) is 1. The molecule has 0 aromatic carbocycles. The van der Waals surface area contributed by atoms with Crippen molar-refractivity contribution in [2.75, 3.05) is 26.2 Å². The highest BCUT2D eigenvalue weighted by atomic mass is 16.6. The van der Waals surface area contributed by atoms with E-state index in [0.717, 1.165) is 19.1 Å². The van der Waals surface area contributed by atoms with Gasteiger partial charge in [-0.15, -0.1) is 0 Å². The molecule has 0 radical (unpaired) electrons. The Balaban J connectivity index is 1.38. The van der Waals surface area contributed by atoms with Gasteiger partial charge in [0.2, 0.25) is 0 Å². The maximum absolute atomic E-state index is 11.9. The number of piperidine rings is 1. The minimum absolute atomic E-state index is 0.175. The summed E-state index contributed by atoms with van der Waals surface area (Å²) in [6.45, 7) is 9.86. The molecular formula is C16H29N3O2. The van der Waals surface area contributed by atoms with Crippen molar-refractivity contribution < 1.29 is 9.53 Å². The second kappa shape index (κ2) is 5.76. The molecule has 3 aliphatic rings. The standard InChI is InChI=1S/C16H29N3O2/c1-16(2,3)21-15(20)19-10-13(11-19)17-12-6-8-18-7-4-5-14(18)9-12/h12-14,17H,4-11H2,1-3H3. The van der Waals surface area contributed by atoms with E-state index in [1.165, 1.54) is 38.8 Å². The summed E-state index contributed by atoms with van der Waals surface area (Å²) < 4.78 is 5.39. The number of carbonyl (C=O) groups excluding carboxylic acids is 1. The summed E-state index contributed by atoms with van der Waals surface area (Å²) in [5.74, 6) is 0. The molecule has 0 aromatic heterocycles. The van der Waals surface area contributed by atoms with Crippen LogP contribution in [0.5, 0.6) is 0 Å². The molecule has 120 valence electrons. The lowest BCUT2D eigenvalue weighted by atomic mass is 9.96. The first-order chi connectivity index (χ1) is 9.90. The van der Waals surface area contributed by atoms with Crippen LogP contribution in [0, 0.1) is 0 Å². The lowest BCUT2D eigenvalue weighted by Gasteiger charge is -2.44. The molecule has 3 saturated heterocycles. The van der Waals surface area contributed by atoms with Crippen molar-refractivity contribution in [1.29, 1.82) is 0 Å². The molecule has 1 amide bonds. The first kappa shape index (κ1) is 15.1. The van der Waals surface area contributed by atoms with E-state index in [0.29, 0.717) is 12.1 Å². The zero-order valence-electron chi connectivity index (χ0n) is 13.6. The highest BCUT2D eigenvalue weighted by Crippen LogP contribution is 2.27. The van der Waals surface area contributed by atoms with Gasteiger partial charge in [0, 0.05) is 31.2 Å². The first-order valence-electron chi connectivity index (χ1n) is 8.39. The molecule has 21 heavy (non-hydrogen) atoms. The lowest BCUT2D eigenvalue weighted by molar-refractivity contribution is 0.00271. The van der Waals surface area contributed by atoms with Crippen LogP contribution < -0.4 is 5.32 Å². The van der Waals surface area contributed by atoms with Crippen molar-refractivity contribution in [2.45, 2.75) is 70.2 Å². The van der Waals surface area contributed by atoms with E-state index in [2.05, 4.69) is 10.2 Å². The number of nitrogens with zero attached hydrogens (tertiary/aromatic N) is 2. The van der Waals surface area contributed by atoms with Crippen LogP contribution in [0.4, 0.5) is 4.79 Å². The maximum Gasteiger partial charge on any atom is 0.410 e. The number of nitrogens with one attached hydrogen (secondary N) is 1. The van der Waals surface area contributed by atoms with E-state index < -0.39 is 5.60 Å². The number of amides is 1. The normalized spacial score (nSPS) is 30.9. The molecule has 3 heterocycles. The van der Waals surface area contributed by atoms with Crippen molar-refractivity contribution >= 4 is 6.09 Å². The molecule has 3 aliphatic heterocycles. The Bertz CT molecular complexity index is 387. The van der Waals surface area contributed by atoms with Gasteiger partial charge >= 0.3 is 6.09 Å². The van der Waals surface area contributed by atoms with Crippen LogP contribution in [-0.4, -0.2) is 65.8 Å². The van der Waals surface area contributed by atoms with E-state index in [9.17, 15) is 4.79 Å². The summed E-state index contributed by atoms with van der Waals surface area (Å²) in [6, 6.07) is 1.89. The fraction of sp³-hybridized carbons (Fsp3) is 0.938. The second-order valence-corrected chi connectivity index (χ2v) is 7.80. The average Bonchev–Trinajstić information content (AvgIpc) is 2.77. The molecule has 0 aliphatic carbocycles. The molecule has 0 saturated carbocycles. The van der Waals surface area contributed by atoms with Crippen LogP contribution in [0.1, 0.15) is 46.5 Å². The molecule has 1 N–H and O–H groups in total. The van der Waals surface area contributed by atoms with Gasteiger partial charge < -0.3 is 19.9 Å². The third-order valence-corrected chi connectivity index (χ3v) is 4.83. The monoisotopic (exact) mass is 295 g/mol. The molecule has 5 nitrogen and oxygen atoms in total. The summed E-state index contributed by atoms with van der Waals surface area (Å²) in [5, 5.41) is 3.74. The van der Waals surface area contributed by atoms with Crippen molar-refractivity contribution in [3.63, 3.8) is 0 Å². The quantitative estimate of drug-likeness (QED) is 0.844. The van der Waals surface area contributed by atoms with Crippen molar-refractivity contribution in [2.24, 2.45) is 0 Å². The molecule has 3 fully saturated rings. The number of hydrogen-bond acceptors (Lipinski definition) is 4. The molecule has 2 atom stereocenters. The average molecular weight is 295 g/mol. The van der Waals surface area contributed by atoms with Crippen LogP contribution >= 0.6 is 0 Å². The van der Waals surface area contributed by atoms with Crippen LogP contribution in [0.2, 0.25) is 0 Å². The van der Waals surface area contributed by atoms with Crippen LogP contribution in [0.3, 0.4) is 0 Å². The molecular weight excluding hydrogens is 266 g/mol. The molecule has 0 bridgehead atoms. The minimum atomic E-state index is -0.398. The van der Waals surface area contributed by atoms with Gasteiger partial charge in [-0.25, -0.2) is 4.79 Å². The van der Waals surface area contributed by atoms with Crippen LogP contribution in [-0.2, 0) is 4.74 Å². The fourth-order valence-electron chi connectivity index (χ4n) is 3.77. The zero-order valence-corrected chi connectivity index (χ0v) is 13.6. The Hall–Kier alpha value is -0.810. The van der Waals surface area contributed by atoms with Gasteiger partial charge in [-0.05, 0) is 59.5 Å². The fourth-order valence-corrected chi connectivity index (χ4v) is 3.77. The summed E-state index contributed by atoms with van der Waals surface area (Å²) in [6.07, 6.45) is 5.09. The summed E-state index contributed by atoms with van der Waals surface area (Å²) in [4.78, 5) is 16.3. The van der Waals surface area contributed by atoms with Crippen molar-refractivity contribution in [3.05, 3.63) is 0 Å². The summed E-state index contributed by atoms with van der Waals surface area (Å²) in [5.41, 5.74) is -0.398. The molecule has 0 aromatic rings. The van der Waals surface area contributed by atoms with E-state index in [4.69, 9.17) is 4.74 Å². The Morgan fingerprint density at radius 1 is 1.14 bits per heavy atom. The molecule has 0 spiro atoms. The van der Waals surface area contributed by atoms with Crippen molar-refractivity contribution in [1.82, 2.24) is 15.1 Å². The largest absolute Gasteiger partial charge is 0.444 e. The molecule has 2 unspecified atom stereocenters. The predicted molar refractivity (Wildman–Crippen MR) is 82.3 cm³/mol. The SMILES string of the molecule is CC(C)(C)OC(=O)N1CC(NC2CCN3CCCC3C2)C1. The van der Waals surface area contributed by atoms with E-state index in [1.807, 2.05) is 20.8 Å². The second-order valence-electron chi connectivity index (χ2n) is 7.80. The zero-order chi connectivity index (χ0) is 15.0. The predicted octanol–water partition coefficient (Wildman–Crippen LogP) is 1.82. The van der Waals surface area contributed by atoms with E-state index in [1.54, 1.807) is 4.90 Å². The molecule has 3 rings (SSSR count). The van der Waals surface area contributed by atoms with Gasteiger partial charge in [0.15, 0.2) is 0 Å². The van der Waals surface area contributed by atoms with Crippen LogP contribution in [0.15, 0.2) is 0 Å². The Morgan fingerprint density at radius 2 is 1.90 bits per heavy atom. The van der Waals surface area contributed by atoms with Gasteiger partial charge in [-0.2, -0.15) is 0 Å². The highest BCUT2D eigenvalue weighted by Gasteiger charge is 2.37. The highest BCUT2D eigenvalue weighted by molar-refractivity contribution is 5.69. The van der Waals surface area contributed by atoms with Crippen LogP contribution in [0.25, 0.3) is 0 Å². The number of likely N-dealkylation sites (tertiary alicyclic amines) is 1. The van der Waals surface area contributed by atoms with E-state index >= 15 is 0 Å². The number of rotatable bonds is 2. The van der Waals surface area contributed by atoms with E-state index in [-0.39, 0.29) is 6.09 Å². The Morgan fingerprint density at radius 3 is 2.62 bits per heavy atom. The maximum atomic E-state index is 11.9. The topological polar surface area (TPSA) is 44.8 Å². The number of carbonyl (C=O) groups is 1. The van der Waals surface area contributed by atoms with Gasteiger partial charge in [0.25, 0.3) is 0 Å². The smallest absolute Gasteiger partial charge is 0.410 e. The van der Waals surface area contributed by atoms with Gasteiger partial charge in [0.1, 0.15) is 5.60 Å². The first-order valence-corrected chi connectivity index (χ1v) is 8.39. The third-order valence-electron chi connectivity index (χ3n) is 4.83. The summed E-state index contributed by atoms with van der Waals surface area (Å²) >= 11 is 0. The lowest BCUT2D eigenvalue weighted by Crippen LogP contribution is -2.63. The Kier molecular flexibility index (Phi) is 4.14. The summed E-state index contributed by atoms with van der Waals surface area (Å²) in [7, 11) is 0. The van der Waals surface area contributed by atoms with Gasteiger partial charge in [-0.3, -0.25) is 0 Å². The number of hydrogen-bond donors (Lipinski definition) is 1.